The van der Waals surface area contributed by atoms with E-state index in [2.05, 4.69) is 35.1 Å². The highest BCUT2D eigenvalue weighted by Crippen LogP contribution is 2.23. The molecule has 0 bridgehead atoms. The van der Waals surface area contributed by atoms with Gasteiger partial charge in [0, 0.05) is 19.3 Å². The van der Waals surface area contributed by atoms with Gasteiger partial charge in [0.25, 0.3) is 0 Å². The SMILES string of the molecule is CCC1COCCN1c1ncc(CNC)cc1C. The molecule has 0 radical (unpaired) electrons. The van der Waals surface area contributed by atoms with Gasteiger partial charge in [-0.3, -0.25) is 0 Å². The van der Waals surface area contributed by atoms with Gasteiger partial charge in [-0.2, -0.15) is 0 Å². The molecule has 1 aromatic rings. The van der Waals surface area contributed by atoms with E-state index in [4.69, 9.17) is 4.74 Å². The molecule has 2 heterocycles. The minimum absolute atomic E-state index is 0.458. The van der Waals surface area contributed by atoms with Gasteiger partial charge in [0.1, 0.15) is 5.82 Å². The number of hydrogen-bond acceptors (Lipinski definition) is 4. The van der Waals surface area contributed by atoms with Crippen molar-refractivity contribution >= 4 is 5.82 Å². The number of anilines is 1. The van der Waals surface area contributed by atoms with Gasteiger partial charge in [0.05, 0.1) is 19.3 Å². The lowest BCUT2D eigenvalue weighted by atomic mass is 10.1. The van der Waals surface area contributed by atoms with Gasteiger partial charge in [-0.25, -0.2) is 4.98 Å². The third kappa shape index (κ3) is 2.82. The van der Waals surface area contributed by atoms with Crippen LogP contribution in [0, 0.1) is 6.92 Å². The van der Waals surface area contributed by atoms with Crippen molar-refractivity contribution in [3.63, 3.8) is 0 Å². The molecule has 1 atom stereocenters. The molecule has 0 spiro atoms. The first-order chi connectivity index (χ1) is 8.76. The molecule has 1 aromatic heterocycles. The van der Waals surface area contributed by atoms with Crippen LogP contribution >= 0.6 is 0 Å². The number of nitrogens with zero attached hydrogens (tertiary/aromatic N) is 2. The molecule has 1 N–H and O–H groups in total. The third-order valence-corrected chi connectivity index (χ3v) is 3.46. The summed E-state index contributed by atoms with van der Waals surface area (Å²) >= 11 is 0. The summed E-state index contributed by atoms with van der Waals surface area (Å²) in [6.07, 6.45) is 3.07. The summed E-state index contributed by atoms with van der Waals surface area (Å²) in [5.41, 5.74) is 2.49. The quantitative estimate of drug-likeness (QED) is 0.882. The normalized spacial score (nSPS) is 20.2. The number of morpholine rings is 1. The fourth-order valence-corrected chi connectivity index (χ4v) is 2.50. The number of nitrogens with one attached hydrogen (secondary N) is 1. The van der Waals surface area contributed by atoms with E-state index in [1.54, 1.807) is 0 Å². The zero-order valence-corrected chi connectivity index (χ0v) is 11.6. The average Bonchev–Trinajstić information content (AvgIpc) is 2.39. The highest BCUT2D eigenvalue weighted by atomic mass is 16.5. The molecule has 0 saturated carbocycles. The third-order valence-electron chi connectivity index (χ3n) is 3.46. The number of rotatable bonds is 4. The van der Waals surface area contributed by atoms with Gasteiger partial charge >= 0.3 is 0 Å². The fourth-order valence-electron chi connectivity index (χ4n) is 2.50. The van der Waals surface area contributed by atoms with Crippen molar-refractivity contribution in [2.45, 2.75) is 32.9 Å². The highest BCUT2D eigenvalue weighted by molar-refractivity contribution is 5.48. The molecule has 1 aliphatic rings. The average molecular weight is 249 g/mol. The monoisotopic (exact) mass is 249 g/mol. The first kappa shape index (κ1) is 13.3. The maximum absolute atomic E-state index is 5.55. The first-order valence-electron chi connectivity index (χ1n) is 6.70. The molecule has 0 amide bonds. The Morgan fingerprint density at radius 1 is 1.56 bits per heavy atom. The number of aromatic nitrogens is 1. The highest BCUT2D eigenvalue weighted by Gasteiger charge is 2.23. The Balaban J connectivity index is 2.21. The van der Waals surface area contributed by atoms with Crippen molar-refractivity contribution in [3.8, 4) is 0 Å². The van der Waals surface area contributed by atoms with Crippen LogP contribution in [0.2, 0.25) is 0 Å². The van der Waals surface area contributed by atoms with Gasteiger partial charge in [0.2, 0.25) is 0 Å². The van der Waals surface area contributed by atoms with E-state index in [-0.39, 0.29) is 0 Å². The maximum Gasteiger partial charge on any atom is 0.131 e. The molecule has 1 fully saturated rings. The van der Waals surface area contributed by atoms with Crippen molar-refractivity contribution in [2.24, 2.45) is 0 Å². The topological polar surface area (TPSA) is 37.4 Å². The van der Waals surface area contributed by atoms with Gasteiger partial charge < -0.3 is 15.0 Å². The van der Waals surface area contributed by atoms with E-state index in [0.29, 0.717) is 6.04 Å². The minimum Gasteiger partial charge on any atom is -0.377 e. The lowest BCUT2D eigenvalue weighted by Crippen LogP contribution is -2.46. The predicted molar refractivity (Wildman–Crippen MR) is 74.0 cm³/mol. The first-order valence-corrected chi connectivity index (χ1v) is 6.70. The molecule has 1 saturated heterocycles. The predicted octanol–water partition coefficient (Wildman–Crippen LogP) is 1.72. The van der Waals surface area contributed by atoms with Crippen LogP contribution in [0.3, 0.4) is 0 Å². The molecular formula is C14H23N3O. The smallest absolute Gasteiger partial charge is 0.131 e. The number of hydrogen-bond donors (Lipinski definition) is 1. The van der Waals surface area contributed by atoms with Crippen molar-refractivity contribution < 1.29 is 4.74 Å². The van der Waals surface area contributed by atoms with Crippen LogP contribution in [0.4, 0.5) is 5.82 Å². The van der Waals surface area contributed by atoms with Gasteiger partial charge in [-0.05, 0) is 37.6 Å². The van der Waals surface area contributed by atoms with Gasteiger partial charge in [0.15, 0.2) is 0 Å². The maximum atomic E-state index is 5.55. The molecule has 1 aliphatic heterocycles. The van der Waals surface area contributed by atoms with Crippen LogP contribution in [0.15, 0.2) is 12.3 Å². The zero-order valence-electron chi connectivity index (χ0n) is 11.6. The Kier molecular flexibility index (Phi) is 4.55. The van der Waals surface area contributed by atoms with Crippen LogP contribution in [0.5, 0.6) is 0 Å². The second kappa shape index (κ2) is 6.16. The summed E-state index contributed by atoms with van der Waals surface area (Å²) < 4.78 is 5.55. The summed E-state index contributed by atoms with van der Waals surface area (Å²) in [5.74, 6) is 1.12. The summed E-state index contributed by atoms with van der Waals surface area (Å²) in [4.78, 5) is 7.04. The van der Waals surface area contributed by atoms with Crippen molar-refractivity contribution in [1.82, 2.24) is 10.3 Å². The summed E-state index contributed by atoms with van der Waals surface area (Å²) in [6, 6.07) is 2.68. The van der Waals surface area contributed by atoms with E-state index in [9.17, 15) is 0 Å². The summed E-state index contributed by atoms with van der Waals surface area (Å²) in [7, 11) is 1.96. The molecule has 1 unspecified atom stereocenters. The van der Waals surface area contributed by atoms with Crippen LogP contribution in [0.1, 0.15) is 24.5 Å². The lowest BCUT2D eigenvalue weighted by Gasteiger charge is -2.36. The van der Waals surface area contributed by atoms with E-state index < -0.39 is 0 Å². The van der Waals surface area contributed by atoms with E-state index in [1.807, 2.05) is 13.2 Å². The van der Waals surface area contributed by atoms with E-state index in [0.717, 1.165) is 38.5 Å². The Morgan fingerprint density at radius 3 is 3.06 bits per heavy atom. The van der Waals surface area contributed by atoms with Crippen LogP contribution in [-0.4, -0.2) is 37.8 Å². The molecule has 100 valence electrons. The molecule has 0 aromatic carbocycles. The Hall–Kier alpha value is -1.13. The molecule has 4 nitrogen and oxygen atoms in total. The second-order valence-corrected chi connectivity index (χ2v) is 4.84. The number of ether oxygens (including phenoxy) is 1. The number of pyridine rings is 1. The zero-order chi connectivity index (χ0) is 13.0. The van der Waals surface area contributed by atoms with Crippen LogP contribution < -0.4 is 10.2 Å². The Morgan fingerprint density at radius 2 is 2.39 bits per heavy atom. The Labute approximate surface area is 109 Å². The number of aryl methyl sites for hydroxylation is 1. The second-order valence-electron chi connectivity index (χ2n) is 4.84. The van der Waals surface area contributed by atoms with Crippen LogP contribution in [-0.2, 0) is 11.3 Å². The van der Waals surface area contributed by atoms with E-state index in [1.165, 1.54) is 11.1 Å². The van der Waals surface area contributed by atoms with Crippen molar-refractivity contribution in [3.05, 3.63) is 23.4 Å². The molecular weight excluding hydrogens is 226 g/mol. The minimum atomic E-state index is 0.458. The standard InChI is InChI=1S/C14H23N3O/c1-4-13-10-18-6-5-17(13)14-11(2)7-12(8-15-3)9-16-14/h7,9,13,15H,4-6,8,10H2,1-3H3. The molecule has 2 rings (SSSR count). The van der Waals surface area contributed by atoms with Crippen LogP contribution in [0.25, 0.3) is 0 Å². The largest absolute Gasteiger partial charge is 0.377 e. The van der Waals surface area contributed by atoms with Gasteiger partial charge in [-0.1, -0.05) is 6.92 Å². The van der Waals surface area contributed by atoms with Crippen molar-refractivity contribution in [2.75, 3.05) is 31.7 Å². The summed E-state index contributed by atoms with van der Waals surface area (Å²) in [6.45, 7) is 7.78. The molecule has 4 heteroatoms. The van der Waals surface area contributed by atoms with E-state index >= 15 is 0 Å². The van der Waals surface area contributed by atoms with Crippen molar-refractivity contribution in [1.29, 1.82) is 0 Å². The Bertz CT molecular complexity index is 395. The fraction of sp³-hybridized carbons (Fsp3) is 0.643. The molecule has 0 aliphatic carbocycles. The van der Waals surface area contributed by atoms with Gasteiger partial charge in [-0.15, -0.1) is 0 Å². The lowest BCUT2D eigenvalue weighted by molar-refractivity contribution is 0.0925. The summed E-state index contributed by atoms with van der Waals surface area (Å²) in [5, 5.41) is 3.16. The molecule has 18 heavy (non-hydrogen) atoms.